The molecule has 0 aliphatic rings. The molecule has 4 N–H and O–H groups in total. The predicted octanol–water partition coefficient (Wildman–Crippen LogP) is 3.79. The number of carbonyl (C=O) groups excluding carboxylic acids is 3. The highest BCUT2D eigenvalue weighted by Crippen LogP contribution is 2.19. The summed E-state index contributed by atoms with van der Waals surface area (Å²) in [6, 6.07) is 26.0. The Morgan fingerprint density at radius 3 is 2.11 bits per heavy atom. The number of nitrogens with one attached hydrogen (secondary N) is 3. The fourth-order valence-corrected chi connectivity index (χ4v) is 4.35. The van der Waals surface area contributed by atoms with Crippen LogP contribution in [0.15, 0.2) is 84.9 Å². The van der Waals surface area contributed by atoms with Crippen LogP contribution in [0.5, 0.6) is 0 Å². The molecule has 3 aromatic carbocycles. The molecule has 7 nitrogen and oxygen atoms in total. The molecule has 0 saturated heterocycles. The lowest BCUT2D eigenvalue weighted by Gasteiger charge is -2.18. The summed E-state index contributed by atoms with van der Waals surface area (Å²) in [6.45, 7) is 0.360. The Bertz CT molecular complexity index is 1090. The molecule has 0 aliphatic carbocycles. The zero-order valence-corrected chi connectivity index (χ0v) is 20.1. The molecule has 35 heavy (non-hydrogen) atoms. The molecular formula is C27H29N3O4S. The molecule has 0 radical (unpaired) electrons. The van der Waals surface area contributed by atoms with Gasteiger partial charge in [-0.1, -0.05) is 72.8 Å². The zero-order chi connectivity index (χ0) is 24.9. The number of hydroxylamine groups is 1. The number of amides is 3. The summed E-state index contributed by atoms with van der Waals surface area (Å²) >= 11 is 1.46. The van der Waals surface area contributed by atoms with Crippen LogP contribution in [0.25, 0.3) is 11.1 Å². The van der Waals surface area contributed by atoms with Gasteiger partial charge >= 0.3 is 0 Å². The molecule has 0 aliphatic heterocycles. The molecule has 0 saturated carbocycles. The topological polar surface area (TPSA) is 108 Å². The van der Waals surface area contributed by atoms with Crippen LogP contribution in [0, 0.1) is 0 Å². The van der Waals surface area contributed by atoms with Gasteiger partial charge in [0.15, 0.2) is 0 Å². The van der Waals surface area contributed by atoms with Crippen molar-refractivity contribution < 1.29 is 19.6 Å². The third-order valence-electron chi connectivity index (χ3n) is 5.29. The average molecular weight is 492 g/mol. The molecule has 182 valence electrons. The molecule has 0 spiro atoms. The second-order valence-electron chi connectivity index (χ2n) is 7.89. The Morgan fingerprint density at radius 2 is 1.46 bits per heavy atom. The summed E-state index contributed by atoms with van der Waals surface area (Å²) in [7, 11) is 0. The van der Waals surface area contributed by atoms with Crippen LogP contribution < -0.4 is 16.1 Å². The second kappa shape index (κ2) is 13.9. The van der Waals surface area contributed by atoms with E-state index in [4.69, 9.17) is 5.21 Å². The number of benzene rings is 3. The average Bonchev–Trinajstić information content (AvgIpc) is 2.91. The lowest BCUT2D eigenvalue weighted by atomic mass is 10.0. The quantitative estimate of drug-likeness (QED) is 0.175. The van der Waals surface area contributed by atoms with Gasteiger partial charge in [0.25, 0.3) is 5.91 Å². The Labute approximate surface area is 209 Å². The molecule has 0 fully saturated rings. The van der Waals surface area contributed by atoms with Gasteiger partial charge in [0.2, 0.25) is 11.8 Å². The van der Waals surface area contributed by atoms with Gasteiger partial charge < -0.3 is 10.6 Å². The number of hydrogen-bond acceptors (Lipinski definition) is 5. The molecule has 0 bridgehead atoms. The molecule has 3 rings (SSSR count). The van der Waals surface area contributed by atoms with Crippen molar-refractivity contribution in [1.82, 2.24) is 16.1 Å². The van der Waals surface area contributed by atoms with Gasteiger partial charge in [0.1, 0.15) is 6.04 Å². The monoisotopic (exact) mass is 491 g/mol. The normalized spacial score (nSPS) is 11.3. The first-order valence-corrected chi connectivity index (χ1v) is 12.5. The standard InChI is InChI=1S/C27H29N3O4S/c31-25(30-34)12-7-17-35-19-24(27(33)28-18-20-8-3-1-4-9-20)29-26(32)23-15-13-22(14-16-23)21-10-5-2-6-11-21/h1-6,8-11,13-16,24,34H,7,12,17-19H2,(H,28,33)(H,29,32)(H,30,31)/t24-/m0/s1. The van der Waals surface area contributed by atoms with Crippen LogP contribution in [0.1, 0.15) is 28.8 Å². The highest BCUT2D eigenvalue weighted by Gasteiger charge is 2.21. The minimum absolute atomic E-state index is 0.189. The first kappa shape index (κ1) is 26.0. The minimum Gasteiger partial charge on any atom is -0.350 e. The van der Waals surface area contributed by atoms with Crippen LogP contribution in [0.2, 0.25) is 0 Å². The van der Waals surface area contributed by atoms with Crippen molar-refractivity contribution in [3.05, 3.63) is 96.1 Å². The number of thioether (sulfide) groups is 1. The fraction of sp³-hybridized carbons (Fsp3) is 0.222. The predicted molar refractivity (Wildman–Crippen MR) is 138 cm³/mol. The SMILES string of the molecule is O=C(CCCSC[C@H](NC(=O)c1ccc(-c2ccccc2)cc1)C(=O)NCc1ccccc1)NO. The molecule has 8 heteroatoms. The molecule has 0 aromatic heterocycles. The molecule has 1 atom stereocenters. The second-order valence-corrected chi connectivity index (χ2v) is 9.04. The summed E-state index contributed by atoms with van der Waals surface area (Å²) in [5.74, 6) is -0.0873. The summed E-state index contributed by atoms with van der Waals surface area (Å²) in [4.78, 5) is 37.0. The van der Waals surface area contributed by atoms with Gasteiger partial charge in [0, 0.05) is 24.3 Å². The van der Waals surface area contributed by atoms with Crippen LogP contribution in [-0.2, 0) is 16.1 Å². The van der Waals surface area contributed by atoms with E-state index in [1.54, 1.807) is 17.6 Å². The highest BCUT2D eigenvalue weighted by atomic mass is 32.2. The first-order valence-electron chi connectivity index (χ1n) is 11.4. The maximum Gasteiger partial charge on any atom is 0.251 e. The molecular weight excluding hydrogens is 462 g/mol. The van der Waals surface area contributed by atoms with E-state index < -0.39 is 11.9 Å². The van der Waals surface area contributed by atoms with Crippen molar-refractivity contribution in [1.29, 1.82) is 0 Å². The summed E-state index contributed by atoms with van der Waals surface area (Å²) in [6.07, 6.45) is 0.735. The summed E-state index contributed by atoms with van der Waals surface area (Å²) in [5.41, 5.74) is 5.10. The van der Waals surface area contributed by atoms with E-state index in [1.807, 2.05) is 72.8 Å². The Kier molecular flexibility index (Phi) is 10.3. The Hall–Kier alpha value is -3.62. The van der Waals surface area contributed by atoms with Crippen molar-refractivity contribution >= 4 is 29.5 Å². The fourth-order valence-electron chi connectivity index (χ4n) is 3.37. The molecule has 3 amide bonds. The van der Waals surface area contributed by atoms with Gasteiger partial charge in [0.05, 0.1) is 0 Å². The maximum absolute atomic E-state index is 12.9. The van der Waals surface area contributed by atoms with E-state index in [2.05, 4.69) is 10.6 Å². The van der Waals surface area contributed by atoms with Crippen molar-refractivity contribution in [2.75, 3.05) is 11.5 Å². The van der Waals surface area contributed by atoms with E-state index in [1.165, 1.54) is 11.8 Å². The van der Waals surface area contributed by atoms with E-state index in [-0.39, 0.29) is 18.2 Å². The zero-order valence-electron chi connectivity index (χ0n) is 19.3. The largest absolute Gasteiger partial charge is 0.350 e. The van der Waals surface area contributed by atoms with E-state index in [0.717, 1.165) is 16.7 Å². The Morgan fingerprint density at radius 1 is 0.829 bits per heavy atom. The number of rotatable bonds is 12. The maximum atomic E-state index is 12.9. The van der Waals surface area contributed by atoms with Gasteiger partial charge in [-0.05, 0) is 41.0 Å². The first-order chi connectivity index (χ1) is 17.1. The molecule has 3 aromatic rings. The van der Waals surface area contributed by atoms with E-state index in [9.17, 15) is 14.4 Å². The molecule has 0 heterocycles. The van der Waals surface area contributed by atoms with E-state index >= 15 is 0 Å². The third-order valence-corrected chi connectivity index (χ3v) is 6.43. The highest BCUT2D eigenvalue weighted by molar-refractivity contribution is 7.99. The van der Waals surface area contributed by atoms with Crippen LogP contribution in [0.3, 0.4) is 0 Å². The molecule has 0 unspecified atom stereocenters. The summed E-state index contributed by atoms with van der Waals surface area (Å²) < 4.78 is 0. The third kappa shape index (κ3) is 8.59. The van der Waals surface area contributed by atoms with Crippen molar-refractivity contribution in [3.8, 4) is 11.1 Å². The van der Waals surface area contributed by atoms with Crippen molar-refractivity contribution in [2.45, 2.75) is 25.4 Å². The lowest BCUT2D eigenvalue weighted by Crippen LogP contribution is -2.48. The van der Waals surface area contributed by atoms with Gasteiger partial charge in [-0.3, -0.25) is 19.6 Å². The van der Waals surface area contributed by atoms with Crippen LogP contribution >= 0.6 is 11.8 Å². The van der Waals surface area contributed by atoms with Crippen molar-refractivity contribution in [2.24, 2.45) is 0 Å². The van der Waals surface area contributed by atoms with Crippen molar-refractivity contribution in [3.63, 3.8) is 0 Å². The summed E-state index contributed by atoms with van der Waals surface area (Å²) in [5, 5.41) is 14.3. The lowest BCUT2D eigenvalue weighted by molar-refractivity contribution is -0.129. The van der Waals surface area contributed by atoms with E-state index in [0.29, 0.717) is 30.0 Å². The van der Waals surface area contributed by atoms with Gasteiger partial charge in [-0.2, -0.15) is 11.8 Å². The van der Waals surface area contributed by atoms with Crippen LogP contribution in [-0.4, -0.2) is 40.5 Å². The van der Waals surface area contributed by atoms with Crippen LogP contribution in [0.4, 0.5) is 0 Å². The Balaban J connectivity index is 1.60. The van der Waals surface area contributed by atoms with Gasteiger partial charge in [-0.15, -0.1) is 0 Å². The van der Waals surface area contributed by atoms with Gasteiger partial charge in [-0.25, -0.2) is 5.48 Å². The smallest absolute Gasteiger partial charge is 0.251 e. The number of carbonyl (C=O) groups is 3. The number of hydrogen-bond donors (Lipinski definition) is 4. The minimum atomic E-state index is -0.739.